The molecule has 0 aromatic carbocycles. The summed E-state index contributed by atoms with van der Waals surface area (Å²) < 4.78 is 5.88. The van der Waals surface area contributed by atoms with Gasteiger partial charge in [-0.25, -0.2) is 0 Å². The van der Waals surface area contributed by atoms with Gasteiger partial charge in [-0.1, -0.05) is 6.92 Å². The lowest BCUT2D eigenvalue weighted by Crippen LogP contribution is -2.60. The molecule has 0 aromatic heterocycles. The van der Waals surface area contributed by atoms with E-state index in [1.54, 1.807) is 0 Å². The summed E-state index contributed by atoms with van der Waals surface area (Å²) in [6.07, 6.45) is 4.37. The van der Waals surface area contributed by atoms with Crippen LogP contribution in [0, 0.1) is 0 Å². The molecule has 0 radical (unpaired) electrons. The monoisotopic (exact) mass is 269 g/mol. The first kappa shape index (κ1) is 15.2. The molecule has 3 atom stereocenters. The Kier molecular flexibility index (Phi) is 5.23. The molecule has 2 fully saturated rings. The predicted octanol–water partition coefficient (Wildman–Crippen LogP) is 1.30. The van der Waals surface area contributed by atoms with E-state index in [-0.39, 0.29) is 5.54 Å². The Labute approximate surface area is 118 Å². The predicted molar refractivity (Wildman–Crippen MR) is 79.3 cm³/mol. The number of morpholine rings is 1. The summed E-state index contributed by atoms with van der Waals surface area (Å²) in [5.41, 5.74) is 6.42. The highest BCUT2D eigenvalue weighted by molar-refractivity contribution is 4.97. The van der Waals surface area contributed by atoms with Crippen LogP contribution in [0.2, 0.25) is 0 Å². The number of likely N-dealkylation sites (tertiary alicyclic amines) is 1. The fraction of sp³-hybridized carbons (Fsp3) is 1.00. The summed E-state index contributed by atoms with van der Waals surface area (Å²) >= 11 is 0. The van der Waals surface area contributed by atoms with Crippen LogP contribution >= 0.6 is 0 Å². The quantitative estimate of drug-likeness (QED) is 0.838. The summed E-state index contributed by atoms with van der Waals surface area (Å²) in [5.74, 6) is 0. The number of hydrogen-bond donors (Lipinski definition) is 1. The molecule has 2 aliphatic rings. The minimum Gasteiger partial charge on any atom is -0.373 e. The first-order chi connectivity index (χ1) is 9.09. The van der Waals surface area contributed by atoms with Crippen molar-refractivity contribution in [2.75, 3.05) is 39.3 Å². The number of rotatable bonds is 3. The Bertz CT molecular complexity index is 277. The van der Waals surface area contributed by atoms with E-state index in [4.69, 9.17) is 10.5 Å². The van der Waals surface area contributed by atoms with Crippen LogP contribution in [0.3, 0.4) is 0 Å². The molecule has 112 valence electrons. The average Bonchev–Trinajstić information content (AvgIpc) is 2.60. The number of nitrogens with two attached hydrogens (primary N) is 1. The zero-order valence-electron chi connectivity index (χ0n) is 12.9. The van der Waals surface area contributed by atoms with Gasteiger partial charge in [0.2, 0.25) is 0 Å². The van der Waals surface area contributed by atoms with Crippen LogP contribution in [0.25, 0.3) is 0 Å². The SMILES string of the molecule is CCN1CCCC(CN)(N2C[C@@H](C)O[C@@H](C)C2)CC1. The highest BCUT2D eigenvalue weighted by Crippen LogP contribution is 2.31. The normalized spacial score (nSPS) is 39.2. The van der Waals surface area contributed by atoms with Crippen LogP contribution in [-0.4, -0.2) is 66.8 Å². The van der Waals surface area contributed by atoms with Crippen LogP contribution < -0.4 is 5.73 Å². The second kappa shape index (κ2) is 6.53. The maximum atomic E-state index is 6.22. The molecule has 0 bridgehead atoms. The van der Waals surface area contributed by atoms with Crippen molar-refractivity contribution in [3.63, 3.8) is 0 Å². The number of hydrogen-bond acceptors (Lipinski definition) is 4. The highest BCUT2D eigenvalue weighted by Gasteiger charge is 2.40. The van der Waals surface area contributed by atoms with Gasteiger partial charge < -0.3 is 15.4 Å². The molecule has 2 saturated heterocycles. The van der Waals surface area contributed by atoms with Gasteiger partial charge in [-0.05, 0) is 52.7 Å². The van der Waals surface area contributed by atoms with E-state index in [1.807, 2.05) is 0 Å². The van der Waals surface area contributed by atoms with Crippen molar-refractivity contribution in [2.24, 2.45) is 5.73 Å². The highest BCUT2D eigenvalue weighted by atomic mass is 16.5. The van der Waals surface area contributed by atoms with Crippen molar-refractivity contribution in [1.29, 1.82) is 0 Å². The van der Waals surface area contributed by atoms with Crippen LogP contribution in [-0.2, 0) is 4.74 Å². The fourth-order valence-corrected chi connectivity index (χ4v) is 3.77. The minimum absolute atomic E-state index is 0.205. The summed E-state index contributed by atoms with van der Waals surface area (Å²) in [5, 5.41) is 0. The molecule has 0 amide bonds. The number of nitrogens with zero attached hydrogens (tertiary/aromatic N) is 2. The molecular formula is C15H31N3O. The van der Waals surface area contributed by atoms with Crippen LogP contribution in [0.1, 0.15) is 40.0 Å². The number of ether oxygens (including phenoxy) is 1. The van der Waals surface area contributed by atoms with Gasteiger partial charge in [0.1, 0.15) is 0 Å². The van der Waals surface area contributed by atoms with E-state index in [0.717, 1.165) is 26.2 Å². The summed E-state index contributed by atoms with van der Waals surface area (Å²) in [4.78, 5) is 5.19. The molecule has 0 saturated carbocycles. The van der Waals surface area contributed by atoms with E-state index >= 15 is 0 Å². The second-order valence-electron chi connectivity index (χ2n) is 6.38. The molecule has 1 unspecified atom stereocenters. The molecule has 2 N–H and O–H groups in total. The van der Waals surface area contributed by atoms with Gasteiger partial charge in [0.15, 0.2) is 0 Å². The second-order valence-corrected chi connectivity index (χ2v) is 6.38. The van der Waals surface area contributed by atoms with Crippen LogP contribution in [0.15, 0.2) is 0 Å². The molecule has 2 heterocycles. The van der Waals surface area contributed by atoms with Crippen molar-refractivity contribution >= 4 is 0 Å². The van der Waals surface area contributed by atoms with Crippen LogP contribution in [0.5, 0.6) is 0 Å². The molecule has 2 aliphatic heterocycles. The third-order valence-electron chi connectivity index (χ3n) is 4.93. The molecule has 0 spiro atoms. The maximum absolute atomic E-state index is 6.22. The molecule has 2 rings (SSSR count). The van der Waals surface area contributed by atoms with Gasteiger partial charge in [0.05, 0.1) is 12.2 Å². The first-order valence-electron chi connectivity index (χ1n) is 7.92. The lowest BCUT2D eigenvalue weighted by atomic mass is 9.87. The van der Waals surface area contributed by atoms with Gasteiger partial charge in [0.25, 0.3) is 0 Å². The van der Waals surface area contributed by atoms with Crippen molar-refractivity contribution < 1.29 is 4.74 Å². The summed E-state index contributed by atoms with van der Waals surface area (Å²) in [6.45, 7) is 13.1. The summed E-state index contributed by atoms with van der Waals surface area (Å²) in [6, 6.07) is 0. The van der Waals surface area contributed by atoms with E-state index < -0.39 is 0 Å². The lowest BCUT2D eigenvalue weighted by Gasteiger charge is -2.48. The zero-order valence-corrected chi connectivity index (χ0v) is 12.9. The van der Waals surface area contributed by atoms with Gasteiger partial charge >= 0.3 is 0 Å². The Morgan fingerprint density at radius 3 is 2.42 bits per heavy atom. The zero-order chi connectivity index (χ0) is 13.9. The van der Waals surface area contributed by atoms with Crippen molar-refractivity contribution in [3.8, 4) is 0 Å². The van der Waals surface area contributed by atoms with Crippen molar-refractivity contribution in [3.05, 3.63) is 0 Å². The largest absolute Gasteiger partial charge is 0.373 e. The Hall–Kier alpha value is -0.160. The molecule has 4 nitrogen and oxygen atoms in total. The average molecular weight is 269 g/mol. The molecule has 19 heavy (non-hydrogen) atoms. The van der Waals surface area contributed by atoms with Gasteiger partial charge in [-0.2, -0.15) is 0 Å². The lowest BCUT2D eigenvalue weighted by molar-refractivity contribution is -0.103. The Balaban J connectivity index is 2.08. The van der Waals surface area contributed by atoms with Crippen molar-refractivity contribution in [1.82, 2.24) is 9.80 Å². The van der Waals surface area contributed by atoms with Gasteiger partial charge in [0, 0.05) is 25.2 Å². The standard InChI is InChI=1S/C15H31N3O/c1-4-17-8-5-6-15(12-16,7-9-17)18-10-13(2)19-14(3)11-18/h13-14H,4-12,16H2,1-3H3/t13-,14+,15?. The minimum atomic E-state index is 0.205. The fourth-order valence-electron chi connectivity index (χ4n) is 3.77. The molecule has 4 heteroatoms. The van der Waals surface area contributed by atoms with E-state index in [1.165, 1.54) is 32.4 Å². The van der Waals surface area contributed by atoms with Crippen LogP contribution in [0.4, 0.5) is 0 Å². The molecule has 0 aromatic rings. The van der Waals surface area contributed by atoms with E-state index in [9.17, 15) is 0 Å². The Morgan fingerprint density at radius 1 is 1.16 bits per heavy atom. The third-order valence-corrected chi connectivity index (χ3v) is 4.93. The summed E-state index contributed by atoms with van der Waals surface area (Å²) in [7, 11) is 0. The maximum Gasteiger partial charge on any atom is 0.0678 e. The smallest absolute Gasteiger partial charge is 0.0678 e. The topological polar surface area (TPSA) is 41.7 Å². The Morgan fingerprint density at radius 2 is 1.84 bits per heavy atom. The van der Waals surface area contributed by atoms with Crippen molar-refractivity contribution in [2.45, 2.75) is 57.8 Å². The molecular weight excluding hydrogens is 238 g/mol. The van der Waals surface area contributed by atoms with E-state index in [2.05, 4.69) is 30.6 Å². The first-order valence-corrected chi connectivity index (χ1v) is 7.92. The van der Waals surface area contributed by atoms with Gasteiger partial charge in [-0.15, -0.1) is 0 Å². The molecule has 0 aliphatic carbocycles. The van der Waals surface area contributed by atoms with E-state index in [0.29, 0.717) is 12.2 Å². The third kappa shape index (κ3) is 3.48. The van der Waals surface area contributed by atoms with Gasteiger partial charge in [-0.3, -0.25) is 4.90 Å².